The molecule has 63 heavy (non-hydrogen) atoms. The molecule has 4 N–H and O–H groups in total. The van der Waals surface area contributed by atoms with Crippen LogP contribution in [0, 0.1) is 0 Å². The summed E-state index contributed by atoms with van der Waals surface area (Å²) in [6.07, 6.45) is 48.9. The maximum absolute atomic E-state index is 12.8. The van der Waals surface area contributed by atoms with E-state index in [1.807, 2.05) is 0 Å². The van der Waals surface area contributed by atoms with Gasteiger partial charge in [-0.25, -0.2) is 0 Å². The van der Waals surface area contributed by atoms with Crippen LogP contribution >= 0.6 is 0 Å². The Kier molecular flexibility index (Phi) is 43.0. The molecule has 0 bridgehead atoms. The van der Waals surface area contributed by atoms with Crippen molar-refractivity contribution < 1.29 is 44.2 Å². The van der Waals surface area contributed by atoms with Crippen molar-refractivity contribution in [2.75, 3.05) is 26.4 Å². The highest BCUT2D eigenvalue weighted by atomic mass is 16.7. The molecule has 370 valence electrons. The Hall–Kier alpha value is -1.59. The van der Waals surface area contributed by atoms with Crippen molar-refractivity contribution in [2.24, 2.45) is 0 Å². The van der Waals surface area contributed by atoms with E-state index in [9.17, 15) is 25.2 Å². The molecule has 1 fully saturated rings. The first-order valence-electron chi connectivity index (χ1n) is 26.6. The second kappa shape index (κ2) is 45.6. The van der Waals surface area contributed by atoms with E-state index in [-0.39, 0.29) is 19.2 Å². The van der Waals surface area contributed by atoms with E-state index in [1.54, 1.807) is 0 Å². The fourth-order valence-corrected chi connectivity index (χ4v) is 8.11. The van der Waals surface area contributed by atoms with Gasteiger partial charge in [-0.1, -0.05) is 198 Å². The second-order valence-electron chi connectivity index (χ2n) is 18.3. The molecule has 9 heteroatoms. The number of aliphatic hydroxyl groups is 4. The number of ether oxygens (including phenoxy) is 4. The van der Waals surface area contributed by atoms with Crippen LogP contribution in [-0.4, -0.2) is 89.6 Å². The van der Waals surface area contributed by atoms with Gasteiger partial charge < -0.3 is 39.4 Å². The van der Waals surface area contributed by atoms with Crippen LogP contribution in [0.2, 0.25) is 0 Å². The van der Waals surface area contributed by atoms with Crippen molar-refractivity contribution in [1.29, 1.82) is 0 Å². The Bertz CT molecular complexity index is 1060. The molecule has 0 aromatic carbocycles. The quantitative estimate of drug-likeness (QED) is 0.0268. The van der Waals surface area contributed by atoms with E-state index in [1.165, 1.54) is 180 Å². The first-order chi connectivity index (χ1) is 30.9. The van der Waals surface area contributed by atoms with Crippen molar-refractivity contribution >= 4 is 5.97 Å². The zero-order valence-electron chi connectivity index (χ0n) is 40.8. The first-order valence-corrected chi connectivity index (χ1v) is 26.6. The van der Waals surface area contributed by atoms with Crippen LogP contribution in [0.1, 0.15) is 239 Å². The maximum atomic E-state index is 12.8. The minimum atomic E-state index is -1.54. The Morgan fingerprint density at radius 3 is 1.38 bits per heavy atom. The predicted molar refractivity (Wildman–Crippen MR) is 261 cm³/mol. The summed E-state index contributed by atoms with van der Waals surface area (Å²) in [5, 5.41) is 40.2. The Morgan fingerprint density at radius 1 is 0.508 bits per heavy atom. The number of allylic oxidation sites excluding steroid dienone is 6. The van der Waals surface area contributed by atoms with Crippen LogP contribution in [-0.2, 0) is 23.7 Å². The highest BCUT2D eigenvalue weighted by Gasteiger charge is 2.44. The molecule has 0 spiro atoms. The van der Waals surface area contributed by atoms with Crippen LogP contribution < -0.4 is 0 Å². The van der Waals surface area contributed by atoms with E-state index in [2.05, 4.69) is 50.3 Å². The van der Waals surface area contributed by atoms with Crippen molar-refractivity contribution in [3.63, 3.8) is 0 Å². The minimum absolute atomic E-state index is 0.114. The third-order valence-electron chi connectivity index (χ3n) is 12.3. The van der Waals surface area contributed by atoms with Gasteiger partial charge in [-0.3, -0.25) is 4.79 Å². The van der Waals surface area contributed by atoms with Gasteiger partial charge in [-0.05, 0) is 70.6 Å². The van der Waals surface area contributed by atoms with E-state index in [0.717, 1.165) is 38.5 Å². The van der Waals surface area contributed by atoms with Crippen molar-refractivity contribution in [2.45, 2.75) is 275 Å². The van der Waals surface area contributed by atoms with Gasteiger partial charge in [0.15, 0.2) is 6.29 Å². The molecule has 1 saturated heterocycles. The standard InChI is InChI=1S/C54H100O9/c1-3-5-7-9-11-13-15-17-19-20-21-22-23-24-25-26-27-28-29-31-33-35-37-39-41-43-50(56)62-48(47-61-54-53(59)52(58)51(57)49(45-55)63-54)46-60-44-42-40-38-36-34-32-30-18-16-14-12-10-8-6-4-2/h15-18,20-21,48-49,51-55,57-59H,3-14,19,22-47H2,1-2H3/b17-15-,18-16-,21-20-. The largest absolute Gasteiger partial charge is 0.457 e. The summed E-state index contributed by atoms with van der Waals surface area (Å²) in [5.41, 5.74) is 0. The Balaban J connectivity index is 2.16. The maximum Gasteiger partial charge on any atom is 0.306 e. The number of hydrogen-bond donors (Lipinski definition) is 4. The lowest BCUT2D eigenvalue weighted by Gasteiger charge is -2.39. The van der Waals surface area contributed by atoms with E-state index >= 15 is 0 Å². The van der Waals surface area contributed by atoms with Crippen LogP contribution in [0.4, 0.5) is 0 Å². The summed E-state index contributed by atoms with van der Waals surface area (Å²) in [4.78, 5) is 12.8. The molecular formula is C54H100O9. The average molecular weight is 893 g/mol. The highest BCUT2D eigenvalue weighted by molar-refractivity contribution is 5.69. The number of unbranched alkanes of at least 4 members (excludes halogenated alkanes) is 29. The molecule has 0 amide bonds. The van der Waals surface area contributed by atoms with Gasteiger partial charge in [-0.15, -0.1) is 0 Å². The van der Waals surface area contributed by atoms with Crippen LogP contribution in [0.3, 0.4) is 0 Å². The minimum Gasteiger partial charge on any atom is -0.457 e. The monoisotopic (exact) mass is 893 g/mol. The van der Waals surface area contributed by atoms with Crippen molar-refractivity contribution in [3.8, 4) is 0 Å². The molecule has 1 aliphatic heterocycles. The molecule has 0 aromatic rings. The zero-order chi connectivity index (χ0) is 45.7. The van der Waals surface area contributed by atoms with E-state index < -0.39 is 43.4 Å². The summed E-state index contributed by atoms with van der Waals surface area (Å²) in [7, 11) is 0. The van der Waals surface area contributed by atoms with Gasteiger partial charge in [0.25, 0.3) is 0 Å². The third-order valence-corrected chi connectivity index (χ3v) is 12.3. The topological polar surface area (TPSA) is 135 Å². The van der Waals surface area contributed by atoms with Gasteiger partial charge >= 0.3 is 5.97 Å². The molecule has 6 atom stereocenters. The summed E-state index contributed by atoms with van der Waals surface area (Å²) in [5.74, 6) is -0.314. The van der Waals surface area contributed by atoms with Crippen molar-refractivity contribution in [3.05, 3.63) is 36.5 Å². The van der Waals surface area contributed by atoms with Crippen molar-refractivity contribution in [1.82, 2.24) is 0 Å². The molecule has 0 saturated carbocycles. The molecule has 6 unspecified atom stereocenters. The van der Waals surface area contributed by atoms with E-state index in [4.69, 9.17) is 18.9 Å². The molecule has 1 aliphatic rings. The first kappa shape index (κ1) is 59.4. The van der Waals surface area contributed by atoms with E-state index in [0.29, 0.717) is 13.0 Å². The highest BCUT2D eigenvalue weighted by Crippen LogP contribution is 2.23. The molecule has 9 nitrogen and oxygen atoms in total. The summed E-state index contributed by atoms with van der Waals surface area (Å²) in [6, 6.07) is 0. The van der Waals surface area contributed by atoms with Gasteiger partial charge in [0.05, 0.1) is 19.8 Å². The number of esters is 1. The van der Waals surface area contributed by atoms with Crippen LogP contribution in [0.25, 0.3) is 0 Å². The fourth-order valence-electron chi connectivity index (χ4n) is 8.11. The lowest BCUT2D eigenvalue weighted by Crippen LogP contribution is -2.59. The van der Waals surface area contributed by atoms with Gasteiger partial charge in [0.2, 0.25) is 0 Å². The SMILES string of the molecule is CCCCCCC/C=C\C/C=C\CCCCCCCCCCCCCCCC(=O)OC(COCCCCCCCC/C=C\CCCCCCC)COC1OC(CO)C(O)C(O)C1O. The zero-order valence-corrected chi connectivity index (χ0v) is 40.8. The van der Waals surface area contributed by atoms with Gasteiger partial charge in [-0.2, -0.15) is 0 Å². The van der Waals surface area contributed by atoms with Crippen LogP contribution in [0.5, 0.6) is 0 Å². The number of rotatable bonds is 46. The number of hydrogen-bond acceptors (Lipinski definition) is 9. The number of carbonyl (C=O) groups excluding carboxylic acids is 1. The Labute approximate surface area is 387 Å². The number of aliphatic hydroxyl groups excluding tert-OH is 4. The molecule has 0 aliphatic carbocycles. The lowest BCUT2D eigenvalue weighted by molar-refractivity contribution is -0.305. The fraction of sp³-hybridized carbons (Fsp3) is 0.870. The third kappa shape index (κ3) is 36.2. The Morgan fingerprint density at radius 2 is 0.921 bits per heavy atom. The van der Waals surface area contributed by atoms with Gasteiger partial charge in [0, 0.05) is 13.0 Å². The number of carbonyl (C=O) groups is 1. The second-order valence-corrected chi connectivity index (χ2v) is 18.3. The molecule has 1 rings (SSSR count). The molecular weight excluding hydrogens is 793 g/mol. The smallest absolute Gasteiger partial charge is 0.306 e. The molecule has 1 heterocycles. The average Bonchev–Trinajstić information content (AvgIpc) is 3.28. The lowest BCUT2D eigenvalue weighted by atomic mass is 9.99. The summed E-state index contributed by atoms with van der Waals surface area (Å²) < 4.78 is 22.9. The summed E-state index contributed by atoms with van der Waals surface area (Å²) in [6.45, 7) is 4.56. The predicted octanol–water partition coefficient (Wildman–Crippen LogP) is 13.1. The molecule has 0 aromatic heterocycles. The van der Waals surface area contributed by atoms with Crippen LogP contribution in [0.15, 0.2) is 36.5 Å². The summed E-state index contributed by atoms with van der Waals surface area (Å²) >= 11 is 0. The van der Waals surface area contributed by atoms with Gasteiger partial charge in [0.1, 0.15) is 30.5 Å². The molecule has 0 radical (unpaired) electrons. The normalized spacial score (nSPS) is 19.9.